The second kappa shape index (κ2) is 3.45. The molecule has 4 heteroatoms. The van der Waals surface area contributed by atoms with Crippen molar-refractivity contribution in [3.63, 3.8) is 0 Å². The minimum Gasteiger partial charge on any atom is -0.504 e. The minimum atomic E-state index is -0.324. The molecule has 2 N–H and O–H groups in total. The van der Waals surface area contributed by atoms with Crippen molar-refractivity contribution in [3.05, 3.63) is 23.3 Å². The Hall–Kier alpha value is -1.22. The first-order valence-electron chi connectivity index (χ1n) is 3.25. The number of carbonyl (C=O) groups excluding carboxylic acids is 1. The maximum Gasteiger partial charge on any atom is 0.161 e. The van der Waals surface area contributed by atoms with Gasteiger partial charge in [0.15, 0.2) is 11.5 Å². The summed E-state index contributed by atoms with van der Waals surface area (Å²) >= 11 is 5.45. The lowest BCUT2D eigenvalue weighted by molar-refractivity contribution is 0.112. The average Bonchev–Trinajstić information content (AvgIpc) is 2.09. The topological polar surface area (TPSA) is 57.5 Å². The monoisotopic (exact) mass is 186 g/mol. The van der Waals surface area contributed by atoms with Gasteiger partial charge in [-0.15, -0.1) is 11.6 Å². The van der Waals surface area contributed by atoms with Gasteiger partial charge in [0.05, 0.1) is 5.88 Å². The van der Waals surface area contributed by atoms with Gasteiger partial charge in [0.25, 0.3) is 0 Å². The summed E-state index contributed by atoms with van der Waals surface area (Å²) in [6, 6.07) is 2.60. The van der Waals surface area contributed by atoms with Crippen molar-refractivity contribution in [1.82, 2.24) is 0 Å². The number of alkyl halides is 1. The van der Waals surface area contributed by atoms with Crippen molar-refractivity contribution in [2.75, 3.05) is 0 Å². The highest BCUT2D eigenvalue weighted by atomic mass is 35.5. The predicted molar refractivity (Wildman–Crippen MR) is 44.7 cm³/mol. The zero-order valence-electron chi connectivity index (χ0n) is 6.12. The summed E-state index contributed by atoms with van der Waals surface area (Å²) in [5, 5.41) is 18.2. The summed E-state index contributed by atoms with van der Waals surface area (Å²) < 4.78 is 0. The van der Waals surface area contributed by atoms with Crippen molar-refractivity contribution in [1.29, 1.82) is 0 Å². The van der Waals surface area contributed by atoms with E-state index in [-0.39, 0.29) is 17.4 Å². The van der Waals surface area contributed by atoms with Gasteiger partial charge in [-0.3, -0.25) is 4.79 Å². The number of benzene rings is 1. The van der Waals surface area contributed by atoms with E-state index in [1.54, 1.807) is 0 Å². The van der Waals surface area contributed by atoms with Gasteiger partial charge in [0.2, 0.25) is 0 Å². The van der Waals surface area contributed by atoms with E-state index in [0.717, 1.165) is 0 Å². The maximum atomic E-state index is 10.3. The van der Waals surface area contributed by atoms with Gasteiger partial charge < -0.3 is 10.2 Å². The van der Waals surface area contributed by atoms with Crippen molar-refractivity contribution in [2.24, 2.45) is 0 Å². The molecule has 0 saturated heterocycles. The van der Waals surface area contributed by atoms with Gasteiger partial charge in [-0.25, -0.2) is 0 Å². The van der Waals surface area contributed by atoms with E-state index in [2.05, 4.69) is 0 Å². The molecular weight excluding hydrogens is 180 g/mol. The van der Waals surface area contributed by atoms with Gasteiger partial charge >= 0.3 is 0 Å². The first kappa shape index (κ1) is 8.87. The number of carbonyl (C=O) groups is 1. The number of phenols is 2. The van der Waals surface area contributed by atoms with E-state index in [0.29, 0.717) is 17.4 Å². The quantitative estimate of drug-likeness (QED) is 0.420. The molecule has 1 rings (SSSR count). The van der Waals surface area contributed by atoms with E-state index in [1.807, 2.05) is 0 Å². The predicted octanol–water partition coefficient (Wildman–Crippen LogP) is 1.65. The average molecular weight is 187 g/mol. The summed E-state index contributed by atoms with van der Waals surface area (Å²) in [5.41, 5.74) is 0.639. The normalized spacial score (nSPS) is 9.75. The molecule has 0 aliphatic rings. The molecule has 0 aromatic heterocycles. The van der Waals surface area contributed by atoms with Crippen LogP contribution in [-0.4, -0.2) is 16.5 Å². The first-order chi connectivity index (χ1) is 5.69. The molecule has 0 saturated carbocycles. The van der Waals surface area contributed by atoms with Crippen molar-refractivity contribution < 1.29 is 15.0 Å². The first-order valence-corrected chi connectivity index (χ1v) is 3.78. The summed E-state index contributed by atoms with van der Waals surface area (Å²) in [4.78, 5) is 10.3. The number of rotatable bonds is 2. The van der Waals surface area contributed by atoms with Crippen LogP contribution in [0.15, 0.2) is 12.1 Å². The Morgan fingerprint density at radius 2 is 2.08 bits per heavy atom. The third-order valence-corrected chi connectivity index (χ3v) is 1.76. The highest BCUT2D eigenvalue weighted by molar-refractivity contribution is 6.17. The number of hydrogen-bond acceptors (Lipinski definition) is 3. The van der Waals surface area contributed by atoms with Crippen molar-refractivity contribution >= 4 is 17.9 Å². The van der Waals surface area contributed by atoms with Gasteiger partial charge in [0, 0.05) is 11.1 Å². The highest BCUT2D eigenvalue weighted by Crippen LogP contribution is 2.30. The van der Waals surface area contributed by atoms with E-state index in [1.165, 1.54) is 12.1 Å². The van der Waals surface area contributed by atoms with Crippen LogP contribution in [0.5, 0.6) is 11.5 Å². The molecule has 0 unspecified atom stereocenters. The van der Waals surface area contributed by atoms with E-state index >= 15 is 0 Å². The molecule has 0 bridgehead atoms. The number of aldehydes is 1. The Balaban J connectivity index is 3.28. The van der Waals surface area contributed by atoms with Crippen LogP contribution >= 0.6 is 11.6 Å². The molecule has 0 aliphatic heterocycles. The number of aromatic hydroxyl groups is 2. The van der Waals surface area contributed by atoms with Crippen LogP contribution in [0.1, 0.15) is 15.9 Å². The Kier molecular flexibility index (Phi) is 2.55. The molecule has 12 heavy (non-hydrogen) atoms. The SMILES string of the molecule is O=Cc1cc(O)c(O)c(CCl)c1. The Labute approximate surface area is 74.2 Å². The third-order valence-electron chi connectivity index (χ3n) is 1.47. The summed E-state index contributed by atoms with van der Waals surface area (Å²) in [7, 11) is 0. The molecule has 64 valence electrons. The van der Waals surface area contributed by atoms with Crippen LogP contribution < -0.4 is 0 Å². The summed E-state index contributed by atoms with van der Waals surface area (Å²) in [6.07, 6.45) is 0.579. The molecular formula is C8H7ClO3. The van der Waals surface area contributed by atoms with Crippen molar-refractivity contribution in [3.8, 4) is 11.5 Å². The van der Waals surface area contributed by atoms with E-state index in [9.17, 15) is 4.79 Å². The van der Waals surface area contributed by atoms with Crippen LogP contribution in [0.4, 0.5) is 0 Å². The van der Waals surface area contributed by atoms with Gasteiger partial charge in [-0.05, 0) is 12.1 Å². The van der Waals surface area contributed by atoms with E-state index < -0.39 is 0 Å². The van der Waals surface area contributed by atoms with Crippen LogP contribution in [-0.2, 0) is 5.88 Å². The standard InChI is InChI=1S/C8H7ClO3/c9-3-6-1-5(4-10)2-7(11)8(6)12/h1-2,4,11-12H,3H2. The smallest absolute Gasteiger partial charge is 0.161 e. The lowest BCUT2D eigenvalue weighted by Gasteiger charge is -2.03. The second-order valence-corrected chi connectivity index (χ2v) is 2.57. The number of phenolic OH excluding ortho intramolecular Hbond substituents is 2. The number of hydrogen-bond donors (Lipinski definition) is 2. The fourth-order valence-corrected chi connectivity index (χ4v) is 1.08. The molecule has 0 atom stereocenters. The van der Waals surface area contributed by atoms with E-state index in [4.69, 9.17) is 21.8 Å². The molecule has 0 radical (unpaired) electrons. The summed E-state index contributed by atoms with van der Waals surface area (Å²) in [6.45, 7) is 0. The van der Waals surface area contributed by atoms with Crippen molar-refractivity contribution in [2.45, 2.75) is 5.88 Å². The fourth-order valence-electron chi connectivity index (χ4n) is 0.872. The van der Waals surface area contributed by atoms with Gasteiger partial charge in [0.1, 0.15) is 6.29 Å². The molecule has 0 amide bonds. The van der Waals surface area contributed by atoms with Crippen LogP contribution in [0, 0.1) is 0 Å². The Morgan fingerprint density at radius 1 is 1.42 bits per heavy atom. The molecule has 0 fully saturated rings. The molecule has 3 nitrogen and oxygen atoms in total. The maximum absolute atomic E-state index is 10.3. The molecule has 0 aliphatic carbocycles. The van der Waals surface area contributed by atoms with Crippen LogP contribution in [0.3, 0.4) is 0 Å². The number of halogens is 1. The lowest BCUT2D eigenvalue weighted by atomic mass is 10.1. The molecule has 1 aromatic carbocycles. The molecule has 0 heterocycles. The largest absolute Gasteiger partial charge is 0.504 e. The third kappa shape index (κ3) is 1.51. The van der Waals surface area contributed by atoms with Crippen LogP contribution in [0.25, 0.3) is 0 Å². The van der Waals surface area contributed by atoms with Gasteiger partial charge in [-0.2, -0.15) is 0 Å². The fraction of sp³-hybridized carbons (Fsp3) is 0.125. The Morgan fingerprint density at radius 3 is 2.58 bits per heavy atom. The lowest BCUT2D eigenvalue weighted by Crippen LogP contribution is -1.85. The second-order valence-electron chi connectivity index (χ2n) is 2.30. The minimum absolute atomic E-state index is 0.0566. The molecule has 1 aromatic rings. The van der Waals surface area contributed by atoms with Gasteiger partial charge in [-0.1, -0.05) is 0 Å². The summed E-state index contributed by atoms with van der Waals surface area (Å²) in [5.74, 6) is -0.535. The zero-order valence-corrected chi connectivity index (χ0v) is 6.88. The Bertz CT molecular complexity index is 309. The zero-order chi connectivity index (χ0) is 9.14. The highest BCUT2D eigenvalue weighted by Gasteiger charge is 2.07. The van der Waals surface area contributed by atoms with Crippen LogP contribution in [0.2, 0.25) is 0 Å². The molecule has 0 spiro atoms.